The number of nitrogens with zero attached hydrogens (tertiary/aromatic N) is 1. The predicted molar refractivity (Wildman–Crippen MR) is 114 cm³/mol. The quantitative estimate of drug-likeness (QED) is 0.783. The van der Waals surface area contributed by atoms with E-state index >= 15 is 0 Å². The number of carbonyl (C=O) groups is 1. The second-order valence-electron chi connectivity index (χ2n) is 8.20. The van der Waals surface area contributed by atoms with Crippen molar-refractivity contribution in [1.82, 2.24) is 4.90 Å². The second-order valence-corrected chi connectivity index (χ2v) is 8.20. The lowest BCUT2D eigenvalue weighted by atomic mass is 10.0. The van der Waals surface area contributed by atoms with Crippen LogP contribution >= 0.6 is 0 Å². The van der Waals surface area contributed by atoms with Gasteiger partial charge in [0.2, 0.25) is 0 Å². The van der Waals surface area contributed by atoms with E-state index < -0.39 is 0 Å². The van der Waals surface area contributed by atoms with Gasteiger partial charge in [-0.1, -0.05) is 24.3 Å². The second kappa shape index (κ2) is 8.66. The third kappa shape index (κ3) is 4.02. The molecule has 5 rings (SSSR count). The van der Waals surface area contributed by atoms with E-state index in [2.05, 4.69) is 5.32 Å². The molecular formula is C24H28N2O4. The highest BCUT2D eigenvalue weighted by Crippen LogP contribution is 2.35. The van der Waals surface area contributed by atoms with Gasteiger partial charge in [-0.3, -0.25) is 4.79 Å². The molecule has 3 aliphatic rings. The molecule has 30 heavy (non-hydrogen) atoms. The molecule has 0 bridgehead atoms. The number of rotatable bonds is 6. The average Bonchev–Trinajstić information content (AvgIpc) is 3.49. The Labute approximate surface area is 177 Å². The van der Waals surface area contributed by atoms with Crippen molar-refractivity contribution >= 4 is 11.6 Å². The van der Waals surface area contributed by atoms with Crippen molar-refractivity contribution in [1.29, 1.82) is 0 Å². The molecular weight excluding hydrogens is 380 g/mol. The number of fused-ring (bicyclic) bond motifs is 1. The lowest BCUT2D eigenvalue weighted by Gasteiger charge is -2.39. The third-order valence-corrected chi connectivity index (χ3v) is 6.08. The molecule has 2 aromatic rings. The summed E-state index contributed by atoms with van der Waals surface area (Å²) in [6.07, 6.45) is 4.18. The molecule has 0 radical (unpaired) electrons. The fourth-order valence-corrected chi connectivity index (χ4v) is 4.49. The van der Waals surface area contributed by atoms with E-state index in [1.807, 2.05) is 53.4 Å². The molecule has 0 aromatic heterocycles. The number of nitrogens with one attached hydrogen (secondary N) is 1. The van der Waals surface area contributed by atoms with E-state index in [0.29, 0.717) is 18.7 Å². The first-order valence-electron chi connectivity index (χ1n) is 10.9. The summed E-state index contributed by atoms with van der Waals surface area (Å²) in [5.41, 5.74) is 2.57. The summed E-state index contributed by atoms with van der Waals surface area (Å²) < 4.78 is 17.5. The van der Waals surface area contributed by atoms with Gasteiger partial charge in [0.1, 0.15) is 18.5 Å². The number of benzene rings is 2. The Morgan fingerprint density at radius 1 is 1.00 bits per heavy atom. The van der Waals surface area contributed by atoms with Crippen molar-refractivity contribution in [3.05, 3.63) is 59.7 Å². The van der Waals surface area contributed by atoms with Crippen LogP contribution < -0.4 is 10.1 Å². The maximum Gasteiger partial charge on any atom is 0.257 e. The summed E-state index contributed by atoms with van der Waals surface area (Å²) in [5.74, 6) is 0.837. The van der Waals surface area contributed by atoms with E-state index in [4.69, 9.17) is 14.2 Å². The molecule has 1 N–H and O–H groups in total. The lowest BCUT2D eigenvalue weighted by Crippen LogP contribution is -2.46. The zero-order valence-electron chi connectivity index (χ0n) is 17.1. The van der Waals surface area contributed by atoms with E-state index in [0.717, 1.165) is 55.9 Å². The van der Waals surface area contributed by atoms with Crippen molar-refractivity contribution in [2.75, 3.05) is 31.7 Å². The van der Waals surface area contributed by atoms with Crippen LogP contribution in [0.15, 0.2) is 48.5 Å². The zero-order valence-corrected chi connectivity index (χ0v) is 17.1. The highest BCUT2D eigenvalue weighted by Gasteiger charge is 2.35. The molecule has 2 fully saturated rings. The molecule has 6 heteroatoms. The van der Waals surface area contributed by atoms with E-state index in [-0.39, 0.29) is 24.3 Å². The fraction of sp³-hybridized carbons (Fsp3) is 0.458. The number of ether oxygens (including phenoxy) is 3. The minimum Gasteiger partial charge on any atom is -0.491 e. The summed E-state index contributed by atoms with van der Waals surface area (Å²) in [6, 6.07) is 15.7. The van der Waals surface area contributed by atoms with Gasteiger partial charge in [0, 0.05) is 25.4 Å². The maximum atomic E-state index is 13.4. The van der Waals surface area contributed by atoms with Crippen LogP contribution in [0.1, 0.15) is 47.8 Å². The average molecular weight is 408 g/mol. The number of hydrogen-bond acceptors (Lipinski definition) is 5. The van der Waals surface area contributed by atoms with Gasteiger partial charge in [-0.15, -0.1) is 0 Å². The van der Waals surface area contributed by atoms with Crippen LogP contribution in [0.25, 0.3) is 0 Å². The molecule has 3 unspecified atom stereocenters. The van der Waals surface area contributed by atoms with Crippen LogP contribution in [0.2, 0.25) is 0 Å². The molecule has 0 saturated carbocycles. The molecule has 0 spiro atoms. The van der Waals surface area contributed by atoms with Crippen LogP contribution in [0.5, 0.6) is 5.75 Å². The normalized spacial score (nSPS) is 25.8. The minimum absolute atomic E-state index is 0.0375. The Morgan fingerprint density at radius 3 is 2.60 bits per heavy atom. The summed E-state index contributed by atoms with van der Waals surface area (Å²) in [7, 11) is 0. The van der Waals surface area contributed by atoms with Gasteiger partial charge in [-0.2, -0.15) is 0 Å². The third-order valence-electron chi connectivity index (χ3n) is 6.08. The number of para-hydroxylation sites is 1. The van der Waals surface area contributed by atoms with Gasteiger partial charge in [-0.05, 0) is 55.5 Å². The first kappa shape index (κ1) is 19.4. The molecule has 158 valence electrons. The molecule has 6 nitrogen and oxygen atoms in total. The summed E-state index contributed by atoms with van der Waals surface area (Å²) in [4.78, 5) is 15.3. The van der Waals surface area contributed by atoms with Crippen molar-refractivity contribution in [2.45, 2.75) is 44.1 Å². The molecule has 1 amide bonds. The van der Waals surface area contributed by atoms with Crippen LogP contribution in [0.4, 0.5) is 5.69 Å². The molecule has 2 saturated heterocycles. The Hall–Kier alpha value is -2.57. The number of anilines is 1. The summed E-state index contributed by atoms with van der Waals surface area (Å²) in [5, 5.41) is 3.56. The predicted octanol–water partition coefficient (Wildman–Crippen LogP) is 3.99. The first-order chi connectivity index (χ1) is 14.8. The van der Waals surface area contributed by atoms with Gasteiger partial charge in [0.25, 0.3) is 5.91 Å². The zero-order chi connectivity index (χ0) is 20.3. The Bertz CT molecular complexity index is 890. The Kier molecular flexibility index (Phi) is 5.60. The van der Waals surface area contributed by atoms with E-state index in [9.17, 15) is 4.79 Å². The molecule has 3 heterocycles. The van der Waals surface area contributed by atoms with Crippen molar-refractivity contribution < 1.29 is 19.0 Å². The lowest BCUT2D eigenvalue weighted by molar-refractivity contribution is 0.0426. The van der Waals surface area contributed by atoms with E-state index in [1.54, 1.807) is 0 Å². The highest BCUT2D eigenvalue weighted by atomic mass is 16.5. The summed E-state index contributed by atoms with van der Waals surface area (Å²) in [6.45, 7) is 2.72. The van der Waals surface area contributed by atoms with Crippen LogP contribution in [-0.2, 0) is 9.47 Å². The number of hydrogen-bond donors (Lipinski definition) is 1. The van der Waals surface area contributed by atoms with E-state index in [1.165, 1.54) is 0 Å². The number of amides is 1. The smallest absolute Gasteiger partial charge is 0.257 e. The standard InChI is InChI=1S/C24H28N2O4/c27-24-21-10-1-2-11-22(21)25-23(26(24)15-19-8-4-12-28-19)17-6-3-7-18(14-17)30-16-20-9-5-13-29-20/h1-3,6-7,10-11,14,19-20,23,25H,4-5,8-9,12-13,15-16H2. The fourth-order valence-electron chi connectivity index (χ4n) is 4.49. The minimum atomic E-state index is -0.261. The SMILES string of the molecule is O=C1c2ccccc2NC(c2cccc(OCC3CCCO3)c2)N1CC1CCCO1. The highest BCUT2D eigenvalue weighted by molar-refractivity contribution is 6.01. The van der Waals surface area contributed by atoms with Crippen molar-refractivity contribution in [3.63, 3.8) is 0 Å². The molecule has 3 aliphatic heterocycles. The van der Waals surface area contributed by atoms with Gasteiger partial charge in [0.15, 0.2) is 0 Å². The Morgan fingerprint density at radius 2 is 1.80 bits per heavy atom. The molecule has 2 aromatic carbocycles. The van der Waals surface area contributed by atoms with Gasteiger partial charge in [0.05, 0.1) is 17.8 Å². The molecule has 3 atom stereocenters. The first-order valence-corrected chi connectivity index (χ1v) is 10.9. The van der Waals surface area contributed by atoms with Gasteiger partial charge < -0.3 is 24.4 Å². The number of carbonyl (C=O) groups excluding carboxylic acids is 1. The van der Waals surface area contributed by atoms with Crippen molar-refractivity contribution in [2.24, 2.45) is 0 Å². The van der Waals surface area contributed by atoms with Crippen molar-refractivity contribution in [3.8, 4) is 5.75 Å². The molecule has 0 aliphatic carbocycles. The van der Waals surface area contributed by atoms with Crippen LogP contribution in [-0.4, -0.2) is 49.4 Å². The van der Waals surface area contributed by atoms with Crippen LogP contribution in [0.3, 0.4) is 0 Å². The largest absolute Gasteiger partial charge is 0.491 e. The monoisotopic (exact) mass is 408 g/mol. The van der Waals surface area contributed by atoms with Crippen LogP contribution in [0, 0.1) is 0 Å². The van der Waals surface area contributed by atoms with Gasteiger partial charge in [-0.25, -0.2) is 0 Å². The maximum absolute atomic E-state index is 13.4. The topological polar surface area (TPSA) is 60.0 Å². The van der Waals surface area contributed by atoms with Gasteiger partial charge >= 0.3 is 0 Å². The Balaban J connectivity index is 1.40. The summed E-state index contributed by atoms with van der Waals surface area (Å²) >= 11 is 0.